The zero-order valence-electron chi connectivity index (χ0n) is 12.0. The first-order valence-corrected chi connectivity index (χ1v) is 6.38. The van der Waals surface area contributed by atoms with Crippen LogP contribution in [-0.4, -0.2) is 53.1 Å². The van der Waals surface area contributed by atoms with Gasteiger partial charge in [-0.25, -0.2) is 4.79 Å². The lowest BCUT2D eigenvalue weighted by molar-refractivity contribution is -0.0159. The SMILES string of the molecule is CC(C)(O)CN(C(=O)OC(C)(C)C)C1CCOC1. The van der Waals surface area contributed by atoms with E-state index in [2.05, 4.69) is 0 Å². The van der Waals surface area contributed by atoms with Gasteiger partial charge in [0, 0.05) is 6.61 Å². The van der Waals surface area contributed by atoms with Crippen molar-refractivity contribution in [3.63, 3.8) is 0 Å². The maximum absolute atomic E-state index is 12.2. The first kappa shape index (κ1) is 15.2. The zero-order valence-corrected chi connectivity index (χ0v) is 12.0. The van der Waals surface area contributed by atoms with Gasteiger partial charge in [-0.15, -0.1) is 0 Å². The van der Waals surface area contributed by atoms with Gasteiger partial charge in [-0.1, -0.05) is 0 Å². The summed E-state index contributed by atoms with van der Waals surface area (Å²) in [6, 6.07) is -0.00808. The van der Waals surface area contributed by atoms with Gasteiger partial charge in [-0.2, -0.15) is 0 Å². The number of hydrogen-bond donors (Lipinski definition) is 1. The molecule has 5 nitrogen and oxygen atoms in total. The number of ether oxygens (including phenoxy) is 2. The van der Waals surface area contributed by atoms with Crippen LogP contribution in [0.5, 0.6) is 0 Å². The van der Waals surface area contributed by atoms with E-state index in [9.17, 15) is 9.90 Å². The molecule has 0 radical (unpaired) electrons. The number of hydrogen-bond acceptors (Lipinski definition) is 4. The van der Waals surface area contributed by atoms with Gasteiger partial charge >= 0.3 is 6.09 Å². The molecule has 1 N–H and O–H groups in total. The predicted octanol–water partition coefficient (Wildman–Crippen LogP) is 1.78. The Kier molecular flexibility index (Phi) is 4.61. The number of carbonyl (C=O) groups is 1. The molecule has 1 aliphatic heterocycles. The minimum atomic E-state index is -0.945. The van der Waals surface area contributed by atoms with Crippen molar-refractivity contribution in [2.24, 2.45) is 0 Å². The monoisotopic (exact) mass is 259 g/mol. The van der Waals surface area contributed by atoms with Gasteiger partial charge in [0.25, 0.3) is 0 Å². The summed E-state index contributed by atoms with van der Waals surface area (Å²) in [5.41, 5.74) is -1.48. The summed E-state index contributed by atoms with van der Waals surface area (Å²) in [5.74, 6) is 0. The Labute approximate surface area is 109 Å². The van der Waals surface area contributed by atoms with Gasteiger partial charge in [0.05, 0.1) is 24.8 Å². The smallest absolute Gasteiger partial charge is 0.410 e. The van der Waals surface area contributed by atoms with E-state index in [-0.39, 0.29) is 18.7 Å². The Morgan fingerprint density at radius 1 is 1.39 bits per heavy atom. The number of amides is 1. The van der Waals surface area contributed by atoms with Gasteiger partial charge in [-0.3, -0.25) is 4.90 Å². The maximum atomic E-state index is 12.2. The highest BCUT2D eigenvalue weighted by Gasteiger charge is 2.34. The number of rotatable bonds is 3. The van der Waals surface area contributed by atoms with E-state index in [1.807, 2.05) is 20.8 Å². The third-order valence-electron chi connectivity index (χ3n) is 2.53. The maximum Gasteiger partial charge on any atom is 0.410 e. The normalized spacial score (nSPS) is 20.9. The molecule has 1 amide bonds. The topological polar surface area (TPSA) is 59.0 Å². The molecule has 1 heterocycles. The van der Waals surface area contributed by atoms with Crippen molar-refractivity contribution in [2.75, 3.05) is 19.8 Å². The van der Waals surface area contributed by atoms with Crippen LogP contribution < -0.4 is 0 Å². The van der Waals surface area contributed by atoms with Crippen LogP contribution in [0.25, 0.3) is 0 Å². The molecule has 1 unspecified atom stereocenters. The lowest BCUT2D eigenvalue weighted by Gasteiger charge is -2.34. The third-order valence-corrected chi connectivity index (χ3v) is 2.53. The van der Waals surface area contributed by atoms with Crippen LogP contribution in [0.2, 0.25) is 0 Å². The van der Waals surface area contributed by atoms with Crippen LogP contribution in [0.15, 0.2) is 0 Å². The fourth-order valence-electron chi connectivity index (χ4n) is 1.85. The number of aliphatic hydroxyl groups is 1. The minimum Gasteiger partial charge on any atom is -0.444 e. The third kappa shape index (κ3) is 5.23. The van der Waals surface area contributed by atoms with E-state index < -0.39 is 11.2 Å². The molecular weight excluding hydrogens is 234 g/mol. The molecule has 0 aliphatic carbocycles. The lowest BCUT2D eigenvalue weighted by Crippen LogP contribution is -2.49. The first-order chi connectivity index (χ1) is 8.08. The van der Waals surface area contributed by atoms with Gasteiger partial charge in [-0.05, 0) is 41.0 Å². The summed E-state index contributed by atoms with van der Waals surface area (Å²) in [7, 11) is 0. The van der Waals surface area contributed by atoms with Crippen molar-refractivity contribution in [2.45, 2.75) is 58.3 Å². The number of carbonyl (C=O) groups excluding carboxylic acids is 1. The lowest BCUT2D eigenvalue weighted by atomic mass is 10.1. The van der Waals surface area contributed by atoms with E-state index in [0.29, 0.717) is 13.2 Å². The van der Waals surface area contributed by atoms with E-state index in [0.717, 1.165) is 6.42 Å². The molecule has 0 bridgehead atoms. The second-order valence-corrected chi connectivity index (χ2v) is 6.44. The highest BCUT2D eigenvalue weighted by atomic mass is 16.6. The van der Waals surface area contributed by atoms with Gasteiger partial charge in [0.1, 0.15) is 5.60 Å². The predicted molar refractivity (Wildman–Crippen MR) is 68.5 cm³/mol. The molecule has 5 heteroatoms. The molecule has 0 saturated carbocycles. The van der Waals surface area contributed by atoms with Crippen LogP contribution in [0, 0.1) is 0 Å². The van der Waals surface area contributed by atoms with Gasteiger partial charge in [0.15, 0.2) is 0 Å². The van der Waals surface area contributed by atoms with Gasteiger partial charge < -0.3 is 14.6 Å². The Balaban J connectivity index is 2.73. The highest BCUT2D eigenvalue weighted by Crippen LogP contribution is 2.19. The Hall–Kier alpha value is -0.810. The van der Waals surface area contributed by atoms with E-state index >= 15 is 0 Å². The van der Waals surface area contributed by atoms with Crippen molar-refractivity contribution in [3.05, 3.63) is 0 Å². The number of nitrogens with zero attached hydrogens (tertiary/aromatic N) is 1. The molecule has 0 aromatic rings. The average Bonchev–Trinajstić information content (AvgIpc) is 2.61. The second-order valence-electron chi connectivity index (χ2n) is 6.44. The summed E-state index contributed by atoms with van der Waals surface area (Å²) >= 11 is 0. The summed E-state index contributed by atoms with van der Waals surface area (Å²) in [6.45, 7) is 10.3. The average molecular weight is 259 g/mol. The summed E-state index contributed by atoms with van der Waals surface area (Å²) in [4.78, 5) is 13.7. The molecule has 18 heavy (non-hydrogen) atoms. The largest absolute Gasteiger partial charge is 0.444 e. The highest BCUT2D eigenvalue weighted by molar-refractivity contribution is 5.68. The Bertz CT molecular complexity index is 284. The molecule has 1 aliphatic rings. The summed E-state index contributed by atoms with van der Waals surface area (Å²) in [5, 5.41) is 9.91. The Morgan fingerprint density at radius 2 is 2.00 bits per heavy atom. The summed E-state index contributed by atoms with van der Waals surface area (Å²) < 4.78 is 10.7. The molecule has 1 atom stereocenters. The minimum absolute atomic E-state index is 0.00808. The fourth-order valence-corrected chi connectivity index (χ4v) is 1.85. The molecular formula is C13H25NO4. The molecule has 1 rings (SSSR count). The van der Waals surface area contributed by atoms with Crippen molar-refractivity contribution in [3.8, 4) is 0 Å². The zero-order chi connectivity index (χ0) is 14.0. The van der Waals surface area contributed by atoms with Crippen LogP contribution in [0.4, 0.5) is 4.79 Å². The van der Waals surface area contributed by atoms with Crippen LogP contribution in [0.3, 0.4) is 0 Å². The van der Waals surface area contributed by atoms with Crippen LogP contribution in [0.1, 0.15) is 41.0 Å². The molecule has 106 valence electrons. The van der Waals surface area contributed by atoms with E-state index in [4.69, 9.17) is 9.47 Å². The van der Waals surface area contributed by atoms with Crippen molar-refractivity contribution >= 4 is 6.09 Å². The molecule has 1 fully saturated rings. The van der Waals surface area contributed by atoms with E-state index in [1.165, 1.54) is 0 Å². The standard InChI is InChI=1S/C13H25NO4/c1-12(2,3)18-11(15)14(9-13(4,5)16)10-6-7-17-8-10/h10,16H,6-9H2,1-5H3. The first-order valence-electron chi connectivity index (χ1n) is 6.38. The van der Waals surface area contributed by atoms with Crippen molar-refractivity contribution in [1.29, 1.82) is 0 Å². The fraction of sp³-hybridized carbons (Fsp3) is 0.923. The molecule has 1 saturated heterocycles. The van der Waals surface area contributed by atoms with Gasteiger partial charge in [0.2, 0.25) is 0 Å². The van der Waals surface area contributed by atoms with Crippen molar-refractivity contribution < 1.29 is 19.4 Å². The Morgan fingerprint density at radius 3 is 2.39 bits per heavy atom. The van der Waals surface area contributed by atoms with Crippen LogP contribution >= 0.6 is 0 Å². The quantitative estimate of drug-likeness (QED) is 0.839. The van der Waals surface area contributed by atoms with Crippen molar-refractivity contribution in [1.82, 2.24) is 4.90 Å². The molecule has 0 aromatic carbocycles. The second kappa shape index (κ2) is 5.45. The summed E-state index contributed by atoms with van der Waals surface area (Å²) in [6.07, 6.45) is 0.398. The van der Waals surface area contributed by atoms with E-state index in [1.54, 1.807) is 18.7 Å². The molecule has 0 aromatic heterocycles. The van der Waals surface area contributed by atoms with Crippen LogP contribution in [-0.2, 0) is 9.47 Å². The molecule has 0 spiro atoms.